The highest BCUT2D eigenvalue weighted by molar-refractivity contribution is 5.98. The van der Waals surface area contributed by atoms with Gasteiger partial charge in [-0.15, -0.1) is 0 Å². The third-order valence-corrected chi connectivity index (χ3v) is 3.52. The van der Waals surface area contributed by atoms with E-state index in [0.717, 1.165) is 37.1 Å². The number of fused-ring (bicyclic) bond motifs is 1. The maximum absolute atomic E-state index is 12.5. The van der Waals surface area contributed by atoms with Gasteiger partial charge < -0.3 is 9.64 Å². The van der Waals surface area contributed by atoms with Crippen LogP contribution >= 0.6 is 0 Å². The summed E-state index contributed by atoms with van der Waals surface area (Å²) in [5.41, 5.74) is 2.12. The summed E-state index contributed by atoms with van der Waals surface area (Å²) in [5, 5.41) is 0. The fourth-order valence-corrected chi connectivity index (χ4v) is 2.58. The molecular weight excluding hydrogens is 226 g/mol. The van der Waals surface area contributed by atoms with E-state index in [2.05, 4.69) is 12.2 Å². The zero-order valence-electron chi connectivity index (χ0n) is 10.3. The SMILES string of the molecule is O=C([C@H]1CCCO1)N1CCC=Cc2ccccc21. The molecule has 0 aromatic heterocycles. The minimum atomic E-state index is -0.240. The first-order valence-corrected chi connectivity index (χ1v) is 6.55. The van der Waals surface area contributed by atoms with E-state index in [9.17, 15) is 4.79 Å². The molecule has 1 saturated heterocycles. The molecule has 0 bridgehead atoms. The third-order valence-electron chi connectivity index (χ3n) is 3.52. The molecule has 3 rings (SSSR count). The van der Waals surface area contributed by atoms with Crippen LogP contribution in [0, 0.1) is 0 Å². The summed E-state index contributed by atoms with van der Waals surface area (Å²) in [6.07, 6.45) is 6.72. The molecule has 0 saturated carbocycles. The number of nitrogens with zero attached hydrogens (tertiary/aromatic N) is 1. The fraction of sp³-hybridized carbons (Fsp3) is 0.400. The molecule has 0 radical (unpaired) electrons. The van der Waals surface area contributed by atoms with Crippen LogP contribution in [0.25, 0.3) is 6.08 Å². The second kappa shape index (κ2) is 4.94. The smallest absolute Gasteiger partial charge is 0.256 e. The van der Waals surface area contributed by atoms with E-state index in [-0.39, 0.29) is 12.0 Å². The molecule has 1 atom stereocenters. The van der Waals surface area contributed by atoms with Crippen LogP contribution in [-0.4, -0.2) is 25.2 Å². The predicted octanol–water partition coefficient (Wildman–Crippen LogP) is 2.62. The summed E-state index contributed by atoms with van der Waals surface area (Å²) >= 11 is 0. The molecule has 2 heterocycles. The summed E-state index contributed by atoms with van der Waals surface area (Å²) in [4.78, 5) is 14.4. The predicted molar refractivity (Wildman–Crippen MR) is 71.4 cm³/mol. The first-order chi connectivity index (χ1) is 8.86. The van der Waals surface area contributed by atoms with Gasteiger partial charge in [0, 0.05) is 13.2 Å². The van der Waals surface area contributed by atoms with E-state index >= 15 is 0 Å². The largest absolute Gasteiger partial charge is 0.368 e. The molecule has 0 spiro atoms. The number of amides is 1. The lowest BCUT2D eigenvalue weighted by molar-refractivity contribution is -0.127. The Morgan fingerprint density at radius 3 is 3.06 bits per heavy atom. The molecular formula is C15H17NO2. The van der Waals surface area contributed by atoms with Gasteiger partial charge in [0.1, 0.15) is 6.10 Å². The lowest BCUT2D eigenvalue weighted by Gasteiger charge is -2.25. The Kier molecular flexibility index (Phi) is 3.15. The van der Waals surface area contributed by atoms with E-state index in [4.69, 9.17) is 4.74 Å². The zero-order chi connectivity index (χ0) is 12.4. The molecule has 0 N–H and O–H groups in total. The van der Waals surface area contributed by atoms with Crippen LogP contribution in [0.1, 0.15) is 24.8 Å². The monoisotopic (exact) mass is 243 g/mol. The molecule has 18 heavy (non-hydrogen) atoms. The molecule has 3 heteroatoms. The van der Waals surface area contributed by atoms with Crippen molar-refractivity contribution in [2.45, 2.75) is 25.4 Å². The first-order valence-electron chi connectivity index (χ1n) is 6.55. The average Bonchev–Trinajstić information content (AvgIpc) is 2.85. The number of hydrogen-bond acceptors (Lipinski definition) is 2. The number of carbonyl (C=O) groups excluding carboxylic acids is 1. The van der Waals surface area contributed by atoms with E-state index in [1.165, 1.54) is 0 Å². The molecule has 1 fully saturated rings. The van der Waals surface area contributed by atoms with Crippen molar-refractivity contribution in [2.75, 3.05) is 18.1 Å². The second-order valence-corrected chi connectivity index (χ2v) is 4.74. The van der Waals surface area contributed by atoms with Crippen molar-refractivity contribution in [3.63, 3.8) is 0 Å². The Balaban J connectivity index is 1.91. The summed E-state index contributed by atoms with van der Waals surface area (Å²) in [6, 6.07) is 8.04. The Morgan fingerprint density at radius 1 is 1.33 bits per heavy atom. The highest BCUT2D eigenvalue weighted by atomic mass is 16.5. The number of carbonyl (C=O) groups is 1. The number of rotatable bonds is 1. The number of hydrogen-bond donors (Lipinski definition) is 0. The summed E-state index contributed by atoms with van der Waals surface area (Å²) in [6.45, 7) is 1.45. The lowest BCUT2D eigenvalue weighted by Crippen LogP contribution is -2.39. The van der Waals surface area contributed by atoms with Gasteiger partial charge in [-0.25, -0.2) is 0 Å². The van der Waals surface area contributed by atoms with Crippen LogP contribution in [0.2, 0.25) is 0 Å². The molecule has 94 valence electrons. The topological polar surface area (TPSA) is 29.5 Å². The Labute approximate surface area is 107 Å². The molecule has 0 unspecified atom stereocenters. The molecule has 2 aliphatic rings. The van der Waals surface area contributed by atoms with Gasteiger partial charge in [-0.2, -0.15) is 0 Å². The van der Waals surface area contributed by atoms with Gasteiger partial charge in [-0.05, 0) is 30.9 Å². The number of anilines is 1. The minimum absolute atomic E-state index is 0.114. The molecule has 3 nitrogen and oxygen atoms in total. The highest BCUT2D eigenvalue weighted by Gasteiger charge is 2.29. The minimum Gasteiger partial charge on any atom is -0.368 e. The van der Waals surface area contributed by atoms with Crippen LogP contribution in [0.5, 0.6) is 0 Å². The van der Waals surface area contributed by atoms with Crippen molar-refractivity contribution in [1.82, 2.24) is 0 Å². The van der Waals surface area contributed by atoms with Crippen molar-refractivity contribution in [1.29, 1.82) is 0 Å². The van der Waals surface area contributed by atoms with E-state index < -0.39 is 0 Å². The van der Waals surface area contributed by atoms with E-state index in [0.29, 0.717) is 6.61 Å². The molecule has 1 aromatic carbocycles. The van der Waals surface area contributed by atoms with Crippen LogP contribution < -0.4 is 4.90 Å². The van der Waals surface area contributed by atoms with Crippen molar-refractivity contribution in [2.24, 2.45) is 0 Å². The third kappa shape index (κ3) is 2.06. The maximum atomic E-state index is 12.5. The summed E-state index contributed by atoms with van der Waals surface area (Å²) < 4.78 is 5.51. The number of ether oxygens (including phenoxy) is 1. The van der Waals surface area contributed by atoms with Gasteiger partial charge in [0.15, 0.2) is 0 Å². The summed E-state index contributed by atoms with van der Waals surface area (Å²) in [7, 11) is 0. The van der Waals surface area contributed by atoms with Gasteiger partial charge in [-0.1, -0.05) is 30.4 Å². The lowest BCUT2D eigenvalue weighted by atomic mass is 10.1. The van der Waals surface area contributed by atoms with E-state index in [1.807, 2.05) is 29.2 Å². The van der Waals surface area contributed by atoms with Crippen LogP contribution in [-0.2, 0) is 9.53 Å². The first kappa shape index (κ1) is 11.5. The van der Waals surface area contributed by atoms with Crippen molar-refractivity contribution in [3.8, 4) is 0 Å². The van der Waals surface area contributed by atoms with Crippen molar-refractivity contribution >= 4 is 17.7 Å². The van der Waals surface area contributed by atoms with Gasteiger partial charge >= 0.3 is 0 Å². The maximum Gasteiger partial charge on any atom is 0.256 e. The quantitative estimate of drug-likeness (QED) is 0.758. The highest BCUT2D eigenvalue weighted by Crippen LogP contribution is 2.27. The van der Waals surface area contributed by atoms with Gasteiger partial charge in [0.2, 0.25) is 0 Å². The van der Waals surface area contributed by atoms with Crippen LogP contribution in [0.3, 0.4) is 0 Å². The Morgan fingerprint density at radius 2 is 2.22 bits per heavy atom. The Bertz CT molecular complexity index is 475. The standard InChI is InChI=1S/C15H17NO2/c17-15(14-9-5-11-18-14)16-10-4-3-7-12-6-1-2-8-13(12)16/h1-3,6-8,14H,4-5,9-11H2/t14-/m1/s1. The second-order valence-electron chi connectivity index (χ2n) is 4.74. The van der Waals surface area contributed by atoms with Gasteiger partial charge in [0.05, 0.1) is 5.69 Å². The number of benzene rings is 1. The molecule has 2 aliphatic heterocycles. The van der Waals surface area contributed by atoms with Crippen molar-refractivity contribution < 1.29 is 9.53 Å². The van der Waals surface area contributed by atoms with E-state index in [1.54, 1.807) is 0 Å². The van der Waals surface area contributed by atoms with Crippen LogP contribution in [0.15, 0.2) is 30.3 Å². The molecule has 1 aromatic rings. The normalized spacial score (nSPS) is 22.7. The van der Waals surface area contributed by atoms with Gasteiger partial charge in [0.25, 0.3) is 5.91 Å². The van der Waals surface area contributed by atoms with Gasteiger partial charge in [-0.3, -0.25) is 4.79 Å². The number of para-hydroxylation sites is 1. The zero-order valence-corrected chi connectivity index (χ0v) is 10.3. The average molecular weight is 243 g/mol. The van der Waals surface area contributed by atoms with Crippen LogP contribution in [0.4, 0.5) is 5.69 Å². The molecule has 0 aliphatic carbocycles. The van der Waals surface area contributed by atoms with Crippen molar-refractivity contribution in [3.05, 3.63) is 35.9 Å². The fourth-order valence-electron chi connectivity index (χ4n) is 2.58. The molecule has 1 amide bonds. The summed E-state index contributed by atoms with van der Waals surface area (Å²) in [5.74, 6) is 0.114. The Hall–Kier alpha value is -1.61.